The highest BCUT2D eigenvalue weighted by Gasteiger charge is 2.25. The van der Waals surface area contributed by atoms with Crippen LogP contribution in [0.25, 0.3) is 0 Å². The minimum Gasteiger partial charge on any atom is -0.315 e. The summed E-state index contributed by atoms with van der Waals surface area (Å²) in [5.74, 6) is 0.160. The normalized spacial score (nSPS) is 14.8. The van der Waals surface area contributed by atoms with Crippen molar-refractivity contribution in [2.75, 3.05) is 11.9 Å². The molecular weight excluding hydrogens is 350 g/mol. The fourth-order valence-electron chi connectivity index (χ4n) is 3.37. The highest BCUT2D eigenvalue weighted by molar-refractivity contribution is 6.28. The average molecular weight is 372 g/mol. The lowest BCUT2D eigenvalue weighted by Gasteiger charge is -2.26. The number of benzene rings is 1. The van der Waals surface area contributed by atoms with Crippen molar-refractivity contribution in [3.63, 3.8) is 0 Å². The van der Waals surface area contributed by atoms with Crippen LogP contribution in [0.4, 0.5) is 5.69 Å². The van der Waals surface area contributed by atoms with Crippen molar-refractivity contribution in [2.45, 2.75) is 38.5 Å². The van der Waals surface area contributed by atoms with Crippen LogP contribution < -0.4 is 4.90 Å². The zero-order valence-electron chi connectivity index (χ0n) is 14.8. The van der Waals surface area contributed by atoms with E-state index < -0.39 is 0 Å². The second-order valence-corrected chi connectivity index (χ2v) is 7.04. The largest absolute Gasteiger partial charge is 0.315 e. The molecule has 1 aromatic heterocycles. The molecule has 1 amide bonds. The Balaban J connectivity index is 1.72. The van der Waals surface area contributed by atoms with Crippen LogP contribution in [0.15, 0.2) is 36.5 Å². The second kappa shape index (κ2) is 8.41. The molecule has 1 aromatic carbocycles. The van der Waals surface area contributed by atoms with E-state index in [-0.39, 0.29) is 29.3 Å². The molecule has 26 heavy (non-hydrogen) atoms. The van der Waals surface area contributed by atoms with Crippen LogP contribution in [0.3, 0.4) is 0 Å². The molecule has 0 bridgehead atoms. The van der Waals surface area contributed by atoms with Gasteiger partial charge in [-0.05, 0) is 42.6 Å². The molecule has 136 valence electrons. The Morgan fingerprint density at radius 3 is 2.69 bits per heavy atom. The Hall–Kier alpha value is -2.27. The quantitative estimate of drug-likeness (QED) is 0.586. The third-order valence-electron chi connectivity index (χ3n) is 4.87. The standard InChI is InChI=1S/C20H22ClN3O2/c1-24(19(26)14-6-3-2-4-7-14)17-9-5-8-15(12-17)18(25)13-16-10-11-22-20(21)23-16/h5,8-12,14H,2-4,6-7,13H2,1H3. The van der Waals surface area contributed by atoms with E-state index in [1.54, 1.807) is 36.2 Å². The second-order valence-electron chi connectivity index (χ2n) is 6.70. The van der Waals surface area contributed by atoms with E-state index >= 15 is 0 Å². The van der Waals surface area contributed by atoms with Crippen LogP contribution in [0.1, 0.15) is 48.2 Å². The number of ketones is 1. The van der Waals surface area contributed by atoms with E-state index in [2.05, 4.69) is 9.97 Å². The Labute approximate surface area is 158 Å². The van der Waals surface area contributed by atoms with Gasteiger partial charge in [-0.25, -0.2) is 9.97 Å². The van der Waals surface area contributed by atoms with Gasteiger partial charge in [0, 0.05) is 30.4 Å². The average Bonchev–Trinajstić information content (AvgIpc) is 2.67. The molecule has 5 nitrogen and oxygen atoms in total. The summed E-state index contributed by atoms with van der Waals surface area (Å²) < 4.78 is 0. The van der Waals surface area contributed by atoms with Gasteiger partial charge >= 0.3 is 0 Å². The van der Waals surface area contributed by atoms with Gasteiger partial charge in [-0.2, -0.15) is 0 Å². The van der Waals surface area contributed by atoms with Gasteiger partial charge in [-0.1, -0.05) is 31.4 Å². The molecule has 0 unspecified atom stereocenters. The van der Waals surface area contributed by atoms with Gasteiger partial charge < -0.3 is 4.90 Å². The zero-order chi connectivity index (χ0) is 18.5. The third kappa shape index (κ3) is 4.47. The van der Waals surface area contributed by atoms with Crippen LogP contribution in [-0.2, 0) is 11.2 Å². The summed E-state index contributed by atoms with van der Waals surface area (Å²) >= 11 is 5.77. The van der Waals surface area contributed by atoms with Gasteiger partial charge in [0.25, 0.3) is 0 Å². The van der Waals surface area contributed by atoms with E-state index in [4.69, 9.17) is 11.6 Å². The molecule has 0 aliphatic heterocycles. The number of anilines is 1. The maximum Gasteiger partial charge on any atom is 0.229 e. The Morgan fingerprint density at radius 2 is 1.96 bits per heavy atom. The smallest absolute Gasteiger partial charge is 0.229 e. The topological polar surface area (TPSA) is 63.2 Å². The number of hydrogen-bond acceptors (Lipinski definition) is 4. The molecule has 0 atom stereocenters. The van der Waals surface area contributed by atoms with Crippen molar-refractivity contribution >= 4 is 29.0 Å². The molecule has 1 saturated carbocycles. The number of halogens is 1. The summed E-state index contributed by atoms with van der Waals surface area (Å²) in [6.45, 7) is 0. The molecule has 0 saturated heterocycles. The number of Topliss-reactive ketones (excluding diaryl/α,β-unsaturated/α-hetero) is 1. The number of amides is 1. The van der Waals surface area contributed by atoms with Crippen LogP contribution in [0.2, 0.25) is 5.28 Å². The highest BCUT2D eigenvalue weighted by Crippen LogP contribution is 2.27. The summed E-state index contributed by atoms with van der Waals surface area (Å²) in [7, 11) is 1.78. The fraction of sp³-hybridized carbons (Fsp3) is 0.400. The number of carbonyl (C=O) groups excluding carboxylic acids is 2. The summed E-state index contributed by atoms with van der Waals surface area (Å²) in [4.78, 5) is 34.8. The first-order valence-corrected chi connectivity index (χ1v) is 9.30. The fourth-order valence-corrected chi connectivity index (χ4v) is 3.54. The van der Waals surface area contributed by atoms with Crippen LogP contribution in [0.5, 0.6) is 0 Å². The molecule has 0 spiro atoms. The van der Waals surface area contributed by atoms with Crippen molar-refractivity contribution in [3.8, 4) is 0 Å². The Bertz CT molecular complexity index is 803. The van der Waals surface area contributed by atoms with Gasteiger partial charge in [0.15, 0.2) is 5.78 Å². The Morgan fingerprint density at radius 1 is 1.19 bits per heavy atom. The monoisotopic (exact) mass is 371 g/mol. The zero-order valence-corrected chi connectivity index (χ0v) is 15.6. The van der Waals surface area contributed by atoms with Gasteiger partial charge in [-0.15, -0.1) is 0 Å². The van der Waals surface area contributed by atoms with E-state index in [1.165, 1.54) is 12.6 Å². The van der Waals surface area contributed by atoms with Gasteiger partial charge in [0.05, 0.1) is 12.1 Å². The van der Waals surface area contributed by atoms with Gasteiger partial charge in [-0.3, -0.25) is 9.59 Å². The van der Waals surface area contributed by atoms with Crippen molar-refractivity contribution in [3.05, 3.63) is 53.1 Å². The Kier molecular flexibility index (Phi) is 5.99. The molecule has 3 rings (SSSR count). The molecule has 1 aliphatic rings. The minimum atomic E-state index is -0.0693. The maximum atomic E-state index is 12.7. The minimum absolute atomic E-state index is 0.0693. The predicted octanol–water partition coefficient (Wildman–Crippen LogP) is 4.10. The number of aromatic nitrogens is 2. The van der Waals surface area contributed by atoms with Crippen molar-refractivity contribution in [2.24, 2.45) is 5.92 Å². The lowest BCUT2D eigenvalue weighted by atomic mass is 9.88. The van der Waals surface area contributed by atoms with E-state index in [1.807, 2.05) is 6.07 Å². The lowest BCUT2D eigenvalue weighted by Crippen LogP contribution is -2.34. The molecule has 0 radical (unpaired) electrons. The number of carbonyl (C=O) groups is 2. The first kappa shape index (κ1) is 18.5. The van der Waals surface area contributed by atoms with E-state index in [9.17, 15) is 9.59 Å². The summed E-state index contributed by atoms with van der Waals surface area (Å²) in [6.07, 6.45) is 7.03. The van der Waals surface area contributed by atoms with Gasteiger partial charge in [0.1, 0.15) is 0 Å². The summed E-state index contributed by atoms with van der Waals surface area (Å²) in [5.41, 5.74) is 1.87. The summed E-state index contributed by atoms with van der Waals surface area (Å²) in [5, 5.41) is 0.127. The molecule has 2 aromatic rings. The van der Waals surface area contributed by atoms with Crippen molar-refractivity contribution < 1.29 is 9.59 Å². The molecule has 0 N–H and O–H groups in total. The summed E-state index contributed by atoms with van der Waals surface area (Å²) in [6, 6.07) is 8.87. The first-order valence-electron chi connectivity index (χ1n) is 8.93. The van der Waals surface area contributed by atoms with E-state index in [0.717, 1.165) is 31.4 Å². The molecule has 1 fully saturated rings. The molecule has 6 heteroatoms. The lowest BCUT2D eigenvalue weighted by molar-refractivity contribution is -0.123. The highest BCUT2D eigenvalue weighted by atomic mass is 35.5. The van der Waals surface area contributed by atoms with E-state index in [0.29, 0.717) is 11.3 Å². The van der Waals surface area contributed by atoms with Crippen molar-refractivity contribution in [1.29, 1.82) is 0 Å². The van der Waals surface area contributed by atoms with Crippen LogP contribution >= 0.6 is 11.6 Å². The first-order chi connectivity index (χ1) is 12.5. The number of hydrogen-bond donors (Lipinski definition) is 0. The SMILES string of the molecule is CN(C(=O)C1CCCCC1)c1cccc(C(=O)Cc2ccnc(Cl)n2)c1. The molecule has 1 heterocycles. The van der Waals surface area contributed by atoms with Crippen LogP contribution in [0, 0.1) is 5.92 Å². The third-order valence-corrected chi connectivity index (χ3v) is 5.05. The van der Waals surface area contributed by atoms with Crippen LogP contribution in [-0.4, -0.2) is 28.7 Å². The molecule has 1 aliphatic carbocycles. The predicted molar refractivity (Wildman–Crippen MR) is 102 cm³/mol. The maximum absolute atomic E-state index is 12.7. The molecular formula is C20H22ClN3O2. The number of nitrogens with zero attached hydrogens (tertiary/aromatic N) is 3. The number of rotatable bonds is 5. The van der Waals surface area contributed by atoms with Crippen molar-refractivity contribution in [1.82, 2.24) is 9.97 Å². The van der Waals surface area contributed by atoms with Gasteiger partial charge in [0.2, 0.25) is 11.2 Å².